The molecular weight excluding hydrogens is 316 g/mol. The van der Waals surface area contributed by atoms with Gasteiger partial charge in [-0.1, -0.05) is 6.07 Å². The lowest BCUT2D eigenvalue weighted by molar-refractivity contribution is -0.138. The quantitative estimate of drug-likeness (QED) is 0.797. The van der Waals surface area contributed by atoms with Gasteiger partial charge in [-0.2, -0.15) is 0 Å². The Balaban J connectivity index is 1.37. The minimum absolute atomic E-state index is 0.345. The molecule has 0 unspecified atom stereocenters. The first-order valence-corrected chi connectivity index (χ1v) is 9.54. The molecule has 4 rings (SSSR count). The van der Waals surface area contributed by atoms with Gasteiger partial charge in [0.1, 0.15) is 0 Å². The molecule has 0 aromatic carbocycles. The Morgan fingerprint density at radius 3 is 2.80 bits per heavy atom. The van der Waals surface area contributed by atoms with Gasteiger partial charge in [0.2, 0.25) is 5.91 Å². The second-order valence-corrected chi connectivity index (χ2v) is 7.33. The molecule has 6 nitrogen and oxygen atoms in total. The second kappa shape index (κ2) is 7.81. The van der Waals surface area contributed by atoms with Crippen molar-refractivity contribution in [3.63, 3.8) is 0 Å². The molecule has 136 valence electrons. The number of carbonyl (C=O) groups excluding carboxylic acids is 1. The lowest BCUT2D eigenvalue weighted by Crippen LogP contribution is -2.54. The highest BCUT2D eigenvalue weighted by atomic mass is 16.5. The van der Waals surface area contributed by atoms with E-state index in [0.29, 0.717) is 24.4 Å². The molecule has 4 heterocycles. The number of ether oxygens (including phenoxy) is 1. The first kappa shape index (κ1) is 16.9. The van der Waals surface area contributed by atoms with Crippen LogP contribution in [-0.4, -0.2) is 83.6 Å². The summed E-state index contributed by atoms with van der Waals surface area (Å²) >= 11 is 0. The molecule has 2 atom stereocenters. The van der Waals surface area contributed by atoms with Crippen LogP contribution in [0.2, 0.25) is 0 Å². The second-order valence-electron chi connectivity index (χ2n) is 7.33. The van der Waals surface area contributed by atoms with E-state index in [1.165, 1.54) is 5.56 Å². The largest absolute Gasteiger partial charge is 0.379 e. The van der Waals surface area contributed by atoms with Crippen LogP contribution >= 0.6 is 0 Å². The summed E-state index contributed by atoms with van der Waals surface area (Å²) in [7, 11) is 0. The van der Waals surface area contributed by atoms with Gasteiger partial charge in [-0.3, -0.25) is 19.6 Å². The van der Waals surface area contributed by atoms with Crippen LogP contribution in [0.1, 0.15) is 24.8 Å². The lowest BCUT2D eigenvalue weighted by Gasteiger charge is -2.41. The molecule has 1 amide bonds. The summed E-state index contributed by atoms with van der Waals surface area (Å²) in [5.41, 5.74) is 1.26. The number of hydrogen-bond acceptors (Lipinski definition) is 5. The molecule has 3 fully saturated rings. The predicted octanol–water partition coefficient (Wildman–Crippen LogP) is 0.979. The highest BCUT2D eigenvalue weighted by Gasteiger charge is 2.42. The number of hydrogen-bond donors (Lipinski definition) is 0. The van der Waals surface area contributed by atoms with Gasteiger partial charge in [0.15, 0.2) is 0 Å². The molecule has 0 saturated carbocycles. The van der Waals surface area contributed by atoms with Crippen molar-refractivity contribution < 1.29 is 9.53 Å². The number of fused-ring (bicyclic) bond motifs is 1. The molecule has 25 heavy (non-hydrogen) atoms. The molecule has 0 bridgehead atoms. The van der Waals surface area contributed by atoms with Crippen LogP contribution in [0, 0.1) is 0 Å². The average Bonchev–Trinajstić information content (AvgIpc) is 3.05. The Hall–Kier alpha value is -1.50. The van der Waals surface area contributed by atoms with E-state index in [9.17, 15) is 4.79 Å². The van der Waals surface area contributed by atoms with E-state index in [-0.39, 0.29) is 0 Å². The maximum atomic E-state index is 12.5. The highest BCUT2D eigenvalue weighted by Crippen LogP contribution is 2.32. The topological polar surface area (TPSA) is 48.9 Å². The molecular formula is C19H28N4O2. The zero-order valence-corrected chi connectivity index (χ0v) is 14.8. The number of amides is 1. The lowest BCUT2D eigenvalue weighted by atomic mass is 9.96. The number of carbonyl (C=O) groups is 1. The summed E-state index contributed by atoms with van der Waals surface area (Å²) in [5.74, 6) is 0.345. The van der Waals surface area contributed by atoms with Crippen LogP contribution in [0.3, 0.4) is 0 Å². The van der Waals surface area contributed by atoms with E-state index in [4.69, 9.17) is 4.74 Å². The Morgan fingerprint density at radius 2 is 2.00 bits per heavy atom. The molecule has 0 spiro atoms. The normalized spacial score (nSPS) is 28.3. The number of likely N-dealkylation sites (tertiary alicyclic amines) is 2. The molecule has 0 N–H and O–H groups in total. The van der Waals surface area contributed by atoms with E-state index in [1.807, 2.05) is 18.5 Å². The predicted molar refractivity (Wildman–Crippen MR) is 95.0 cm³/mol. The van der Waals surface area contributed by atoms with Crippen molar-refractivity contribution in [3.05, 3.63) is 30.1 Å². The Bertz CT molecular complexity index is 576. The van der Waals surface area contributed by atoms with Crippen molar-refractivity contribution in [1.29, 1.82) is 0 Å². The van der Waals surface area contributed by atoms with Gasteiger partial charge >= 0.3 is 0 Å². The van der Waals surface area contributed by atoms with Gasteiger partial charge in [0.05, 0.1) is 13.2 Å². The standard InChI is InChI=1S/C19H28N4O2/c24-19-4-3-17-18(23(19)9-8-21-10-12-25-13-11-21)5-7-22(17)15-16-2-1-6-20-14-16/h1-2,6,14,17-18H,3-5,7-13,15H2/t17-,18-/m1/s1. The van der Waals surface area contributed by atoms with Crippen molar-refractivity contribution in [2.45, 2.75) is 37.9 Å². The number of piperidine rings is 1. The number of pyridine rings is 1. The third-order valence-electron chi connectivity index (χ3n) is 5.87. The van der Waals surface area contributed by atoms with Gasteiger partial charge < -0.3 is 9.64 Å². The minimum Gasteiger partial charge on any atom is -0.379 e. The van der Waals surface area contributed by atoms with Crippen molar-refractivity contribution in [1.82, 2.24) is 19.7 Å². The fraction of sp³-hybridized carbons (Fsp3) is 0.684. The molecule has 3 saturated heterocycles. The van der Waals surface area contributed by atoms with E-state index in [1.54, 1.807) is 0 Å². The maximum Gasteiger partial charge on any atom is 0.222 e. The summed E-state index contributed by atoms with van der Waals surface area (Å²) in [6.07, 6.45) is 6.56. The monoisotopic (exact) mass is 344 g/mol. The first-order valence-electron chi connectivity index (χ1n) is 9.54. The molecule has 0 radical (unpaired) electrons. The zero-order valence-electron chi connectivity index (χ0n) is 14.8. The summed E-state index contributed by atoms with van der Waals surface area (Å²) in [6, 6.07) is 5.04. The maximum absolute atomic E-state index is 12.5. The zero-order chi connectivity index (χ0) is 17.1. The molecule has 6 heteroatoms. The smallest absolute Gasteiger partial charge is 0.222 e. The van der Waals surface area contributed by atoms with E-state index in [2.05, 4.69) is 25.8 Å². The van der Waals surface area contributed by atoms with Crippen LogP contribution in [0.25, 0.3) is 0 Å². The van der Waals surface area contributed by atoms with Crippen LogP contribution in [0.15, 0.2) is 24.5 Å². The van der Waals surface area contributed by atoms with Crippen LogP contribution in [0.4, 0.5) is 0 Å². The summed E-state index contributed by atoms with van der Waals surface area (Å²) in [6.45, 7) is 7.47. The van der Waals surface area contributed by atoms with Gasteiger partial charge in [0, 0.05) is 70.2 Å². The number of rotatable bonds is 5. The Morgan fingerprint density at radius 1 is 1.12 bits per heavy atom. The number of aromatic nitrogens is 1. The SMILES string of the molecule is O=C1CC[C@@H]2[C@@H](CCN2Cc2cccnc2)N1CCN1CCOCC1. The fourth-order valence-corrected chi connectivity index (χ4v) is 4.53. The fourth-order valence-electron chi connectivity index (χ4n) is 4.53. The van der Waals surface area contributed by atoms with Crippen molar-refractivity contribution in [2.75, 3.05) is 45.9 Å². The molecule has 3 aliphatic heterocycles. The first-order chi connectivity index (χ1) is 12.3. The molecule has 3 aliphatic rings. The Labute approximate surface area is 149 Å². The summed E-state index contributed by atoms with van der Waals surface area (Å²) in [4.78, 5) is 23.9. The molecule has 1 aromatic rings. The average molecular weight is 344 g/mol. The van der Waals surface area contributed by atoms with Crippen LogP contribution in [-0.2, 0) is 16.1 Å². The summed E-state index contributed by atoms with van der Waals surface area (Å²) in [5, 5.41) is 0. The molecule has 0 aliphatic carbocycles. The van der Waals surface area contributed by atoms with Crippen LogP contribution < -0.4 is 0 Å². The van der Waals surface area contributed by atoms with E-state index >= 15 is 0 Å². The third kappa shape index (κ3) is 3.86. The van der Waals surface area contributed by atoms with Crippen molar-refractivity contribution in [2.24, 2.45) is 0 Å². The van der Waals surface area contributed by atoms with E-state index < -0.39 is 0 Å². The van der Waals surface area contributed by atoms with Crippen LogP contribution in [0.5, 0.6) is 0 Å². The van der Waals surface area contributed by atoms with Gasteiger partial charge in [-0.25, -0.2) is 0 Å². The summed E-state index contributed by atoms with van der Waals surface area (Å²) < 4.78 is 5.42. The third-order valence-corrected chi connectivity index (χ3v) is 5.87. The molecule has 1 aromatic heterocycles. The number of nitrogens with zero attached hydrogens (tertiary/aromatic N) is 4. The van der Waals surface area contributed by atoms with Gasteiger partial charge in [0.25, 0.3) is 0 Å². The van der Waals surface area contributed by atoms with Gasteiger partial charge in [-0.15, -0.1) is 0 Å². The van der Waals surface area contributed by atoms with Gasteiger partial charge in [-0.05, 0) is 24.5 Å². The van der Waals surface area contributed by atoms with E-state index in [0.717, 1.165) is 65.3 Å². The highest BCUT2D eigenvalue weighted by molar-refractivity contribution is 5.77. The Kier molecular flexibility index (Phi) is 5.29. The minimum atomic E-state index is 0.345. The number of morpholine rings is 1. The van der Waals surface area contributed by atoms with Crippen molar-refractivity contribution >= 4 is 5.91 Å². The van der Waals surface area contributed by atoms with Crippen molar-refractivity contribution in [3.8, 4) is 0 Å².